The first kappa shape index (κ1) is 15.4. The van der Waals surface area contributed by atoms with Crippen LogP contribution in [0.4, 0.5) is 4.39 Å². The Morgan fingerprint density at radius 3 is 2.06 bits per heavy atom. The summed E-state index contributed by atoms with van der Waals surface area (Å²) in [7, 11) is 3.41. The van der Waals surface area contributed by atoms with Gasteiger partial charge in [0.05, 0.1) is 6.54 Å². The number of amides is 1. The predicted octanol–water partition coefficient (Wildman–Crippen LogP) is 1.98. The Morgan fingerprint density at radius 2 is 1.69 bits per heavy atom. The molecule has 0 aromatic rings. The standard InChI is InChI=1S/C12H25FN2O/c1-9(2)7-14(5)11(16)8-15(6)12(13)10(3)4/h9-10,12H,7-8H2,1-6H3. The summed E-state index contributed by atoms with van der Waals surface area (Å²) in [6, 6.07) is 0. The van der Waals surface area contributed by atoms with Crippen LogP contribution in [0.1, 0.15) is 27.7 Å². The largest absolute Gasteiger partial charge is 0.344 e. The van der Waals surface area contributed by atoms with Crippen molar-refractivity contribution in [3.63, 3.8) is 0 Å². The molecule has 96 valence electrons. The van der Waals surface area contributed by atoms with Gasteiger partial charge in [-0.25, -0.2) is 4.39 Å². The molecule has 0 fully saturated rings. The third-order valence-corrected chi connectivity index (χ3v) is 2.42. The van der Waals surface area contributed by atoms with E-state index in [9.17, 15) is 9.18 Å². The van der Waals surface area contributed by atoms with Gasteiger partial charge in [-0.1, -0.05) is 27.7 Å². The Labute approximate surface area is 98.6 Å². The summed E-state index contributed by atoms with van der Waals surface area (Å²) < 4.78 is 13.6. The lowest BCUT2D eigenvalue weighted by Crippen LogP contribution is -2.42. The molecule has 0 N–H and O–H groups in total. The minimum Gasteiger partial charge on any atom is -0.344 e. The van der Waals surface area contributed by atoms with Crippen LogP contribution < -0.4 is 0 Å². The van der Waals surface area contributed by atoms with E-state index in [1.165, 1.54) is 4.90 Å². The summed E-state index contributed by atoms with van der Waals surface area (Å²) in [6.07, 6.45) is -1.06. The highest BCUT2D eigenvalue weighted by Gasteiger charge is 2.21. The van der Waals surface area contributed by atoms with Crippen LogP contribution in [0, 0.1) is 11.8 Å². The lowest BCUT2D eigenvalue weighted by atomic mass is 10.2. The van der Waals surface area contributed by atoms with Crippen molar-refractivity contribution in [2.45, 2.75) is 34.0 Å². The Kier molecular flexibility index (Phi) is 6.56. The molecule has 16 heavy (non-hydrogen) atoms. The van der Waals surface area contributed by atoms with Gasteiger partial charge >= 0.3 is 0 Å². The highest BCUT2D eigenvalue weighted by molar-refractivity contribution is 5.77. The summed E-state index contributed by atoms with van der Waals surface area (Å²) in [5.74, 6) is 0.318. The normalized spacial score (nSPS) is 13.6. The number of likely N-dealkylation sites (N-methyl/N-ethyl adjacent to an activating group) is 2. The molecular weight excluding hydrogens is 207 g/mol. The van der Waals surface area contributed by atoms with Crippen molar-refractivity contribution in [2.75, 3.05) is 27.2 Å². The minimum atomic E-state index is -1.06. The molecular formula is C12H25FN2O. The van der Waals surface area contributed by atoms with Crippen molar-refractivity contribution < 1.29 is 9.18 Å². The molecule has 0 heterocycles. The van der Waals surface area contributed by atoms with Crippen molar-refractivity contribution >= 4 is 5.91 Å². The third-order valence-electron chi connectivity index (χ3n) is 2.42. The average Bonchev–Trinajstić information content (AvgIpc) is 2.14. The lowest BCUT2D eigenvalue weighted by molar-refractivity contribution is -0.133. The van der Waals surface area contributed by atoms with Crippen LogP contribution in [0.3, 0.4) is 0 Å². The van der Waals surface area contributed by atoms with Crippen molar-refractivity contribution in [3.8, 4) is 0 Å². The second-order valence-corrected chi connectivity index (χ2v) is 5.20. The van der Waals surface area contributed by atoms with Crippen LogP contribution in [0.5, 0.6) is 0 Å². The van der Waals surface area contributed by atoms with Crippen molar-refractivity contribution in [1.82, 2.24) is 9.80 Å². The lowest BCUT2D eigenvalue weighted by Gasteiger charge is -2.26. The molecule has 1 unspecified atom stereocenters. The minimum absolute atomic E-state index is 0.0282. The summed E-state index contributed by atoms with van der Waals surface area (Å²) in [5.41, 5.74) is 0. The summed E-state index contributed by atoms with van der Waals surface area (Å²) >= 11 is 0. The summed E-state index contributed by atoms with van der Waals surface area (Å²) in [5, 5.41) is 0. The van der Waals surface area contributed by atoms with Crippen LogP contribution in [0.2, 0.25) is 0 Å². The summed E-state index contributed by atoms with van der Waals surface area (Å²) in [4.78, 5) is 14.9. The van der Waals surface area contributed by atoms with E-state index in [0.29, 0.717) is 12.5 Å². The van der Waals surface area contributed by atoms with Gasteiger partial charge in [-0.2, -0.15) is 0 Å². The van der Waals surface area contributed by atoms with Crippen LogP contribution in [-0.4, -0.2) is 49.2 Å². The molecule has 0 bridgehead atoms. The number of halogens is 1. The van der Waals surface area contributed by atoms with Crippen LogP contribution in [0.15, 0.2) is 0 Å². The first-order valence-corrected chi connectivity index (χ1v) is 5.84. The summed E-state index contributed by atoms with van der Waals surface area (Å²) in [6.45, 7) is 8.58. The molecule has 3 nitrogen and oxygen atoms in total. The zero-order valence-electron chi connectivity index (χ0n) is 11.3. The van der Waals surface area contributed by atoms with E-state index in [1.54, 1.807) is 19.0 Å². The average molecular weight is 232 g/mol. The van der Waals surface area contributed by atoms with E-state index in [2.05, 4.69) is 13.8 Å². The fourth-order valence-corrected chi connectivity index (χ4v) is 1.58. The van der Waals surface area contributed by atoms with E-state index < -0.39 is 6.30 Å². The van der Waals surface area contributed by atoms with Gasteiger partial charge in [-0.3, -0.25) is 9.69 Å². The van der Waals surface area contributed by atoms with Gasteiger partial charge in [0.15, 0.2) is 6.30 Å². The molecule has 0 spiro atoms. The van der Waals surface area contributed by atoms with Gasteiger partial charge in [-0.05, 0) is 18.9 Å². The maximum atomic E-state index is 13.6. The maximum absolute atomic E-state index is 13.6. The molecule has 4 heteroatoms. The number of carbonyl (C=O) groups excluding carboxylic acids is 1. The molecule has 1 amide bonds. The van der Waals surface area contributed by atoms with E-state index >= 15 is 0 Å². The Balaban J connectivity index is 4.13. The maximum Gasteiger partial charge on any atom is 0.236 e. The van der Waals surface area contributed by atoms with E-state index in [1.807, 2.05) is 13.8 Å². The quantitative estimate of drug-likeness (QED) is 0.654. The molecule has 0 aliphatic heterocycles. The number of nitrogens with zero attached hydrogens (tertiary/aromatic N) is 2. The molecule has 0 aromatic carbocycles. The predicted molar refractivity (Wildman–Crippen MR) is 64.8 cm³/mol. The van der Waals surface area contributed by atoms with E-state index in [-0.39, 0.29) is 18.4 Å². The number of rotatable bonds is 6. The van der Waals surface area contributed by atoms with Crippen molar-refractivity contribution in [2.24, 2.45) is 11.8 Å². The van der Waals surface area contributed by atoms with Crippen LogP contribution >= 0.6 is 0 Å². The van der Waals surface area contributed by atoms with Gasteiger partial charge in [-0.15, -0.1) is 0 Å². The van der Waals surface area contributed by atoms with Gasteiger partial charge in [0.25, 0.3) is 0 Å². The molecule has 0 radical (unpaired) electrons. The molecule has 0 aliphatic rings. The highest BCUT2D eigenvalue weighted by atomic mass is 19.1. The first-order valence-electron chi connectivity index (χ1n) is 5.84. The van der Waals surface area contributed by atoms with Crippen molar-refractivity contribution in [1.29, 1.82) is 0 Å². The number of alkyl halides is 1. The number of hydrogen-bond donors (Lipinski definition) is 0. The Hall–Kier alpha value is -0.640. The number of carbonyl (C=O) groups is 1. The smallest absolute Gasteiger partial charge is 0.236 e. The second-order valence-electron chi connectivity index (χ2n) is 5.20. The molecule has 0 saturated heterocycles. The molecule has 1 atom stereocenters. The van der Waals surface area contributed by atoms with Gasteiger partial charge in [0.2, 0.25) is 5.91 Å². The fourth-order valence-electron chi connectivity index (χ4n) is 1.58. The Bertz CT molecular complexity index is 219. The van der Waals surface area contributed by atoms with Gasteiger partial charge in [0.1, 0.15) is 0 Å². The second kappa shape index (κ2) is 6.84. The fraction of sp³-hybridized carbons (Fsp3) is 0.917. The Morgan fingerprint density at radius 1 is 1.19 bits per heavy atom. The molecule has 0 rings (SSSR count). The zero-order valence-corrected chi connectivity index (χ0v) is 11.3. The third kappa shape index (κ3) is 5.45. The highest BCUT2D eigenvalue weighted by Crippen LogP contribution is 2.10. The van der Waals surface area contributed by atoms with Gasteiger partial charge < -0.3 is 4.90 Å². The van der Waals surface area contributed by atoms with E-state index in [0.717, 1.165) is 0 Å². The zero-order chi connectivity index (χ0) is 12.9. The van der Waals surface area contributed by atoms with Crippen molar-refractivity contribution in [3.05, 3.63) is 0 Å². The molecule has 0 saturated carbocycles. The number of hydrogen-bond acceptors (Lipinski definition) is 2. The first-order chi connectivity index (χ1) is 7.25. The molecule has 0 aromatic heterocycles. The van der Waals surface area contributed by atoms with Crippen LogP contribution in [-0.2, 0) is 4.79 Å². The van der Waals surface area contributed by atoms with Gasteiger partial charge in [0, 0.05) is 13.6 Å². The van der Waals surface area contributed by atoms with Crippen LogP contribution in [0.25, 0.3) is 0 Å². The SMILES string of the molecule is CC(C)CN(C)C(=O)CN(C)C(F)C(C)C. The topological polar surface area (TPSA) is 23.6 Å². The van der Waals surface area contributed by atoms with E-state index in [4.69, 9.17) is 0 Å². The monoisotopic (exact) mass is 232 g/mol. The molecule has 0 aliphatic carbocycles.